The van der Waals surface area contributed by atoms with E-state index in [-0.39, 0.29) is 12.0 Å². The molecule has 0 spiro atoms. The van der Waals surface area contributed by atoms with Crippen molar-refractivity contribution in [3.63, 3.8) is 0 Å². The minimum Gasteiger partial charge on any atom is -0.458 e. The van der Waals surface area contributed by atoms with Gasteiger partial charge in [0.1, 0.15) is 6.10 Å². The van der Waals surface area contributed by atoms with Gasteiger partial charge in [-0.25, -0.2) is 9.97 Å². The Balaban J connectivity index is 1.44. The number of hydrogen-bond donors (Lipinski definition) is 0. The first-order valence-electron chi connectivity index (χ1n) is 8.14. The van der Waals surface area contributed by atoms with Crippen molar-refractivity contribution in [2.45, 2.75) is 24.7 Å². The van der Waals surface area contributed by atoms with Gasteiger partial charge in [0.15, 0.2) is 0 Å². The molecule has 1 aliphatic heterocycles. The smallest absolute Gasteiger partial charge is 0.316 e. The van der Waals surface area contributed by atoms with E-state index in [2.05, 4.69) is 22.1 Å². The van der Waals surface area contributed by atoms with Crippen molar-refractivity contribution in [1.82, 2.24) is 14.9 Å². The Morgan fingerprint density at radius 3 is 2.79 bits per heavy atom. The molecule has 0 N–H and O–H groups in total. The number of benzene rings is 1. The number of carbonyl (C=O) groups is 1. The molecule has 1 aromatic carbocycles. The topological polar surface area (TPSA) is 55.3 Å². The van der Waals surface area contributed by atoms with Crippen LogP contribution in [-0.2, 0) is 10.5 Å². The van der Waals surface area contributed by atoms with Crippen LogP contribution in [0.15, 0.2) is 48.8 Å². The van der Waals surface area contributed by atoms with Crippen molar-refractivity contribution in [2.24, 2.45) is 0 Å². The number of piperidine rings is 1. The molecule has 6 heteroatoms. The summed E-state index contributed by atoms with van der Waals surface area (Å²) in [4.78, 5) is 22.5. The summed E-state index contributed by atoms with van der Waals surface area (Å²) in [5, 5.41) is 0. The molecule has 1 aromatic heterocycles. The third-order valence-corrected chi connectivity index (χ3v) is 4.87. The maximum absolute atomic E-state index is 12.4. The molecule has 2 heterocycles. The van der Waals surface area contributed by atoms with Crippen LogP contribution in [0.5, 0.6) is 6.01 Å². The second kappa shape index (κ2) is 8.68. The van der Waals surface area contributed by atoms with Crippen LogP contribution < -0.4 is 4.74 Å². The summed E-state index contributed by atoms with van der Waals surface area (Å²) in [5.41, 5.74) is 1.25. The number of hydrogen-bond acceptors (Lipinski definition) is 5. The third kappa shape index (κ3) is 4.96. The van der Waals surface area contributed by atoms with Crippen LogP contribution in [0.1, 0.15) is 18.4 Å². The average Bonchev–Trinajstić information content (AvgIpc) is 2.64. The predicted octanol–water partition coefficient (Wildman–Crippen LogP) is 2.78. The maximum Gasteiger partial charge on any atom is 0.316 e. The van der Waals surface area contributed by atoms with E-state index in [1.54, 1.807) is 30.2 Å². The highest BCUT2D eigenvalue weighted by atomic mass is 32.2. The van der Waals surface area contributed by atoms with E-state index in [1.165, 1.54) is 5.56 Å². The fraction of sp³-hybridized carbons (Fsp3) is 0.389. The molecule has 1 atom stereocenters. The van der Waals surface area contributed by atoms with Crippen molar-refractivity contribution >= 4 is 17.7 Å². The lowest BCUT2D eigenvalue weighted by atomic mass is 10.1. The molecule has 1 saturated heterocycles. The highest BCUT2D eigenvalue weighted by Crippen LogP contribution is 2.17. The molecule has 0 unspecified atom stereocenters. The number of carbonyl (C=O) groups excluding carboxylic acids is 1. The predicted molar refractivity (Wildman–Crippen MR) is 94.9 cm³/mol. The number of ether oxygens (including phenoxy) is 1. The van der Waals surface area contributed by atoms with Gasteiger partial charge in [0.2, 0.25) is 5.91 Å². The van der Waals surface area contributed by atoms with Crippen LogP contribution in [0, 0.1) is 0 Å². The Hall–Kier alpha value is -2.08. The van der Waals surface area contributed by atoms with E-state index in [9.17, 15) is 4.79 Å². The first-order valence-corrected chi connectivity index (χ1v) is 9.30. The van der Waals surface area contributed by atoms with Crippen LogP contribution in [0.25, 0.3) is 0 Å². The highest BCUT2D eigenvalue weighted by molar-refractivity contribution is 7.99. The lowest BCUT2D eigenvalue weighted by Crippen LogP contribution is -2.45. The van der Waals surface area contributed by atoms with Gasteiger partial charge < -0.3 is 9.64 Å². The van der Waals surface area contributed by atoms with E-state index in [0.717, 1.165) is 25.1 Å². The summed E-state index contributed by atoms with van der Waals surface area (Å²) >= 11 is 1.66. The van der Waals surface area contributed by atoms with Gasteiger partial charge in [0.05, 0.1) is 12.3 Å². The molecule has 24 heavy (non-hydrogen) atoms. The third-order valence-electron chi connectivity index (χ3n) is 3.88. The average molecular weight is 343 g/mol. The lowest BCUT2D eigenvalue weighted by molar-refractivity contribution is -0.131. The van der Waals surface area contributed by atoms with E-state index in [1.807, 2.05) is 23.1 Å². The lowest BCUT2D eigenvalue weighted by Gasteiger charge is -2.32. The normalized spacial score (nSPS) is 17.5. The largest absolute Gasteiger partial charge is 0.458 e. The molecule has 5 nitrogen and oxygen atoms in total. The van der Waals surface area contributed by atoms with Crippen LogP contribution in [0.2, 0.25) is 0 Å². The molecular formula is C18H21N3O2S. The minimum absolute atomic E-state index is 0.0239. The van der Waals surface area contributed by atoms with Gasteiger partial charge in [-0.3, -0.25) is 4.79 Å². The van der Waals surface area contributed by atoms with Crippen molar-refractivity contribution in [2.75, 3.05) is 18.8 Å². The number of aromatic nitrogens is 2. The quantitative estimate of drug-likeness (QED) is 0.807. The van der Waals surface area contributed by atoms with Gasteiger partial charge >= 0.3 is 6.01 Å². The standard InChI is InChI=1S/C18H21N3O2S/c22-17(14-24-13-15-6-2-1-3-7-15)21-11-4-8-16(12-21)23-18-19-9-5-10-20-18/h1-3,5-7,9-10,16H,4,8,11-14H2/t16-/m0/s1. The number of likely N-dealkylation sites (tertiary alicyclic amines) is 1. The first-order chi connectivity index (χ1) is 11.8. The maximum atomic E-state index is 12.4. The van der Waals surface area contributed by atoms with Crippen molar-refractivity contribution in [3.8, 4) is 6.01 Å². The zero-order chi connectivity index (χ0) is 16.6. The number of rotatable bonds is 6. The SMILES string of the molecule is O=C(CSCc1ccccc1)N1CCC[C@H](Oc2ncccn2)C1. The van der Waals surface area contributed by atoms with Gasteiger partial charge in [0, 0.05) is 24.7 Å². The molecule has 126 valence electrons. The summed E-state index contributed by atoms with van der Waals surface area (Å²) in [5.74, 6) is 1.54. The van der Waals surface area contributed by atoms with E-state index >= 15 is 0 Å². The number of thioether (sulfide) groups is 1. The molecular weight excluding hydrogens is 322 g/mol. The first kappa shape index (κ1) is 16.8. The number of nitrogens with zero attached hydrogens (tertiary/aromatic N) is 3. The molecule has 0 saturated carbocycles. The second-order valence-corrected chi connectivity index (χ2v) is 6.72. The number of amides is 1. The molecule has 1 aliphatic rings. The zero-order valence-electron chi connectivity index (χ0n) is 13.5. The molecule has 2 aromatic rings. The molecule has 0 aliphatic carbocycles. The summed E-state index contributed by atoms with van der Waals surface area (Å²) in [6, 6.07) is 12.4. The molecule has 0 radical (unpaired) electrons. The van der Waals surface area contributed by atoms with Crippen LogP contribution >= 0.6 is 11.8 Å². The van der Waals surface area contributed by atoms with Crippen LogP contribution in [0.4, 0.5) is 0 Å². The molecule has 0 bridgehead atoms. The van der Waals surface area contributed by atoms with Crippen molar-refractivity contribution in [3.05, 3.63) is 54.4 Å². The van der Waals surface area contributed by atoms with Crippen molar-refractivity contribution in [1.29, 1.82) is 0 Å². The van der Waals surface area contributed by atoms with Gasteiger partial charge in [-0.05, 0) is 24.5 Å². The molecule has 3 rings (SSSR count). The van der Waals surface area contributed by atoms with Crippen LogP contribution in [0.3, 0.4) is 0 Å². The van der Waals surface area contributed by atoms with Gasteiger partial charge in [0.25, 0.3) is 0 Å². The van der Waals surface area contributed by atoms with Gasteiger partial charge in [-0.1, -0.05) is 30.3 Å². The Kier molecular flexibility index (Phi) is 6.07. The molecule has 1 fully saturated rings. The molecule has 1 amide bonds. The Bertz CT molecular complexity index is 639. The fourth-order valence-electron chi connectivity index (χ4n) is 2.68. The summed E-state index contributed by atoms with van der Waals surface area (Å²) in [7, 11) is 0. The van der Waals surface area contributed by atoms with Gasteiger partial charge in [-0.2, -0.15) is 0 Å². The zero-order valence-corrected chi connectivity index (χ0v) is 14.3. The second-order valence-electron chi connectivity index (χ2n) is 5.73. The Labute approximate surface area is 146 Å². The Morgan fingerprint density at radius 2 is 2.00 bits per heavy atom. The summed E-state index contributed by atoms with van der Waals surface area (Å²) in [6.45, 7) is 1.42. The van der Waals surface area contributed by atoms with E-state index in [0.29, 0.717) is 18.3 Å². The van der Waals surface area contributed by atoms with Crippen molar-refractivity contribution < 1.29 is 9.53 Å². The van der Waals surface area contributed by atoms with Gasteiger partial charge in [-0.15, -0.1) is 11.8 Å². The summed E-state index contributed by atoms with van der Waals surface area (Å²) < 4.78 is 5.79. The highest BCUT2D eigenvalue weighted by Gasteiger charge is 2.25. The van der Waals surface area contributed by atoms with E-state index in [4.69, 9.17) is 4.74 Å². The van der Waals surface area contributed by atoms with E-state index < -0.39 is 0 Å². The monoisotopic (exact) mass is 343 g/mol. The summed E-state index contributed by atoms with van der Waals surface area (Å²) in [6.07, 6.45) is 5.18. The van der Waals surface area contributed by atoms with Crippen LogP contribution in [-0.4, -0.2) is 45.7 Å². The fourth-order valence-corrected chi connectivity index (χ4v) is 3.57. The minimum atomic E-state index is -0.0239. The Morgan fingerprint density at radius 1 is 1.21 bits per heavy atom.